The molecular formula is C23H38N4O3. The van der Waals surface area contributed by atoms with E-state index in [1.807, 2.05) is 0 Å². The van der Waals surface area contributed by atoms with Gasteiger partial charge in [0.05, 0.1) is 18.8 Å². The van der Waals surface area contributed by atoms with Crippen LogP contribution in [-0.4, -0.2) is 74.7 Å². The van der Waals surface area contributed by atoms with Crippen molar-refractivity contribution in [3.8, 4) is 0 Å². The minimum atomic E-state index is 0.00248. The van der Waals surface area contributed by atoms with Crippen LogP contribution in [0.4, 0.5) is 0 Å². The predicted molar refractivity (Wildman–Crippen MR) is 120 cm³/mol. The number of aliphatic hydroxyl groups excluding tert-OH is 1. The molecule has 0 spiro atoms. The lowest BCUT2D eigenvalue weighted by molar-refractivity contribution is -0.0704. The molecule has 2 saturated heterocycles. The number of benzene rings is 1. The molecule has 0 amide bonds. The fourth-order valence-corrected chi connectivity index (χ4v) is 4.42. The first-order chi connectivity index (χ1) is 14.5. The number of morpholine rings is 1. The second-order valence-electron chi connectivity index (χ2n) is 8.82. The Morgan fingerprint density at radius 1 is 1.17 bits per heavy atom. The molecule has 2 fully saturated rings. The highest BCUT2D eigenvalue weighted by Gasteiger charge is 2.34. The molecule has 0 bridgehead atoms. The summed E-state index contributed by atoms with van der Waals surface area (Å²) < 4.78 is 11.4. The van der Waals surface area contributed by atoms with Crippen molar-refractivity contribution < 1.29 is 14.6 Å². The van der Waals surface area contributed by atoms with Crippen molar-refractivity contribution in [3.05, 3.63) is 35.4 Å². The van der Waals surface area contributed by atoms with Crippen LogP contribution < -0.4 is 10.6 Å². The highest BCUT2D eigenvalue weighted by atomic mass is 16.5. The van der Waals surface area contributed by atoms with Crippen LogP contribution in [0.5, 0.6) is 0 Å². The first-order valence-corrected chi connectivity index (χ1v) is 11.1. The van der Waals surface area contributed by atoms with Gasteiger partial charge < -0.3 is 25.2 Å². The van der Waals surface area contributed by atoms with Crippen molar-refractivity contribution in [1.82, 2.24) is 15.5 Å². The normalized spacial score (nSPS) is 27.9. The van der Waals surface area contributed by atoms with Crippen LogP contribution in [0.1, 0.15) is 37.8 Å². The molecule has 2 aliphatic rings. The molecule has 2 heterocycles. The number of ether oxygens (including phenoxy) is 2. The SMILES string of the molecule is CN=C(NCc1ccc(CN2CC(C)OC(C)C2)cc1)NCC1(CCO)CCOC1. The Labute approximate surface area is 180 Å². The van der Waals surface area contributed by atoms with Gasteiger partial charge in [0.1, 0.15) is 0 Å². The van der Waals surface area contributed by atoms with Gasteiger partial charge in [0, 0.05) is 58.4 Å². The van der Waals surface area contributed by atoms with Crippen LogP contribution in [0.3, 0.4) is 0 Å². The molecule has 1 aromatic rings. The van der Waals surface area contributed by atoms with E-state index in [0.29, 0.717) is 18.8 Å². The zero-order chi connectivity index (χ0) is 21.4. The minimum Gasteiger partial charge on any atom is -0.396 e. The Hall–Kier alpha value is -1.67. The van der Waals surface area contributed by atoms with Crippen LogP contribution in [-0.2, 0) is 22.6 Å². The standard InChI is InChI=1S/C23H38N4O3/c1-18-13-27(14-19(2)30-18)15-21-6-4-20(5-7-21)12-25-22(24-3)26-16-23(8-10-28)9-11-29-17-23/h4-7,18-19,28H,8-17H2,1-3H3,(H2,24,25,26). The Bertz CT molecular complexity index is 664. The summed E-state index contributed by atoms with van der Waals surface area (Å²) in [7, 11) is 1.78. The van der Waals surface area contributed by atoms with Crippen LogP contribution in [0.15, 0.2) is 29.3 Å². The van der Waals surface area contributed by atoms with E-state index < -0.39 is 0 Å². The molecule has 3 rings (SSSR count). The molecular weight excluding hydrogens is 380 g/mol. The molecule has 0 aromatic heterocycles. The maximum Gasteiger partial charge on any atom is 0.191 e. The molecule has 30 heavy (non-hydrogen) atoms. The van der Waals surface area contributed by atoms with Gasteiger partial charge in [-0.2, -0.15) is 0 Å². The lowest BCUT2D eigenvalue weighted by Gasteiger charge is -2.35. The van der Waals surface area contributed by atoms with Crippen LogP contribution in [0.25, 0.3) is 0 Å². The number of guanidine groups is 1. The van der Waals surface area contributed by atoms with E-state index in [9.17, 15) is 5.11 Å². The monoisotopic (exact) mass is 418 g/mol. The Morgan fingerprint density at radius 3 is 2.47 bits per heavy atom. The molecule has 168 valence electrons. The van der Waals surface area contributed by atoms with Gasteiger partial charge in [-0.1, -0.05) is 24.3 Å². The summed E-state index contributed by atoms with van der Waals surface area (Å²) in [5.74, 6) is 0.777. The minimum absolute atomic E-state index is 0.00248. The summed E-state index contributed by atoms with van der Waals surface area (Å²) >= 11 is 0. The van der Waals surface area contributed by atoms with E-state index in [1.165, 1.54) is 11.1 Å². The van der Waals surface area contributed by atoms with Gasteiger partial charge in [0.15, 0.2) is 5.96 Å². The van der Waals surface area contributed by atoms with E-state index in [0.717, 1.165) is 58.1 Å². The fourth-order valence-electron chi connectivity index (χ4n) is 4.42. The number of hydrogen-bond acceptors (Lipinski definition) is 5. The quantitative estimate of drug-likeness (QED) is 0.441. The summed E-state index contributed by atoms with van der Waals surface area (Å²) in [6.07, 6.45) is 2.31. The van der Waals surface area contributed by atoms with Crippen LogP contribution >= 0.6 is 0 Å². The number of nitrogens with one attached hydrogen (secondary N) is 2. The number of aliphatic imine (C=N–C) groups is 1. The Morgan fingerprint density at radius 2 is 1.87 bits per heavy atom. The molecule has 3 atom stereocenters. The second kappa shape index (κ2) is 11.1. The number of aliphatic hydroxyl groups is 1. The topological polar surface area (TPSA) is 78.4 Å². The smallest absolute Gasteiger partial charge is 0.191 e. The predicted octanol–water partition coefficient (Wildman–Crippen LogP) is 1.75. The van der Waals surface area contributed by atoms with Gasteiger partial charge in [0.25, 0.3) is 0 Å². The fraction of sp³-hybridized carbons (Fsp3) is 0.696. The third-order valence-corrected chi connectivity index (χ3v) is 6.07. The second-order valence-corrected chi connectivity index (χ2v) is 8.82. The maximum absolute atomic E-state index is 9.38. The number of nitrogens with zero attached hydrogens (tertiary/aromatic N) is 2. The molecule has 0 saturated carbocycles. The van der Waals surface area contributed by atoms with E-state index in [4.69, 9.17) is 9.47 Å². The van der Waals surface area contributed by atoms with E-state index in [1.54, 1.807) is 7.05 Å². The zero-order valence-electron chi connectivity index (χ0n) is 18.7. The van der Waals surface area contributed by atoms with E-state index >= 15 is 0 Å². The van der Waals surface area contributed by atoms with Crippen molar-refractivity contribution in [1.29, 1.82) is 0 Å². The Balaban J connectivity index is 1.45. The number of hydrogen-bond donors (Lipinski definition) is 3. The lowest BCUT2D eigenvalue weighted by atomic mass is 9.84. The maximum atomic E-state index is 9.38. The first-order valence-electron chi connectivity index (χ1n) is 11.1. The van der Waals surface area contributed by atoms with Gasteiger partial charge in [-0.05, 0) is 37.8 Å². The average Bonchev–Trinajstić information content (AvgIpc) is 3.17. The third kappa shape index (κ3) is 6.67. The zero-order valence-corrected chi connectivity index (χ0v) is 18.7. The highest BCUT2D eigenvalue weighted by Crippen LogP contribution is 2.31. The van der Waals surface area contributed by atoms with Crippen molar-refractivity contribution in [2.45, 2.75) is 52.0 Å². The summed E-state index contributed by atoms with van der Waals surface area (Å²) in [6, 6.07) is 8.79. The molecule has 0 aliphatic carbocycles. The van der Waals surface area contributed by atoms with Gasteiger partial charge in [-0.25, -0.2) is 0 Å². The molecule has 3 N–H and O–H groups in total. The first kappa shape index (κ1) is 23.0. The van der Waals surface area contributed by atoms with Gasteiger partial charge >= 0.3 is 0 Å². The lowest BCUT2D eigenvalue weighted by Crippen LogP contribution is -2.44. The van der Waals surface area contributed by atoms with Crippen molar-refractivity contribution in [2.24, 2.45) is 10.4 Å². The third-order valence-electron chi connectivity index (χ3n) is 6.07. The molecule has 7 nitrogen and oxygen atoms in total. The van der Waals surface area contributed by atoms with Crippen LogP contribution in [0, 0.1) is 5.41 Å². The largest absolute Gasteiger partial charge is 0.396 e. The van der Waals surface area contributed by atoms with E-state index in [-0.39, 0.29) is 12.0 Å². The molecule has 7 heteroatoms. The van der Waals surface area contributed by atoms with Crippen molar-refractivity contribution in [3.63, 3.8) is 0 Å². The average molecular weight is 419 g/mol. The molecule has 0 radical (unpaired) electrons. The highest BCUT2D eigenvalue weighted by molar-refractivity contribution is 5.79. The van der Waals surface area contributed by atoms with E-state index in [2.05, 4.69) is 58.6 Å². The summed E-state index contributed by atoms with van der Waals surface area (Å²) in [4.78, 5) is 6.80. The number of rotatable bonds is 8. The van der Waals surface area contributed by atoms with Crippen molar-refractivity contribution >= 4 is 5.96 Å². The van der Waals surface area contributed by atoms with Crippen molar-refractivity contribution in [2.75, 3.05) is 46.5 Å². The molecule has 3 unspecified atom stereocenters. The summed E-state index contributed by atoms with van der Waals surface area (Å²) in [5.41, 5.74) is 2.55. The van der Waals surface area contributed by atoms with Gasteiger partial charge in [-0.15, -0.1) is 0 Å². The van der Waals surface area contributed by atoms with Crippen LogP contribution in [0.2, 0.25) is 0 Å². The molecule has 2 aliphatic heterocycles. The van der Waals surface area contributed by atoms with Gasteiger partial charge in [-0.3, -0.25) is 9.89 Å². The summed E-state index contributed by atoms with van der Waals surface area (Å²) in [6.45, 7) is 10.3. The Kier molecular flexibility index (Phi) is 8.50. The molecule has 1 aromatic carbocycles. The van der Waals surface area contributed by atoms with Gasteiger partial charge in [0.2, 0.25) is 0 Å². The summed E-state index contributed by atoms with van der Waals surface area (Å²) in [5, 5.41) is 16.2.